The van der Waals surface area contributed by atoms with Crippen molar-refractivity contribution in [3.8, 4) is 5.75 Å². The molecule has 0 spiro atoms. The normalized spacial score (nSPS) is 14.0. The van der Waals surface area contributed by atoms with Crippen LogP contribution < -0.4 is 4.74 Å². The van der Waals surface area contributed by atoms with Crippen molar-refractivity contribution in [2.75, 3.05) is 7.11 Å². The summed E-state index contributed by atoms with van der Waals surface area (Å²) in [6, 6.07) is 11.5. The number of carbonyl (C=O) groups excluding carboxylic acids is 3. The summed E-state index contributed by atoms with van der Waals surface area (Å²) in [5.41, 5.74) is 0.875. The fraction of sp³-hybridized carbons (Fsp3) is 0.167. The van der Waals surface area contributed by atoms with Crippen LogP contribution in [0.3, 0.4) is 0 Å². The van der Waals surface area contributed by atoms with E-state index in [4.69, 9.17) is 4.74 Å². The molecule has 9 nitrogen and oxygen atoms in total. The molecule has 0 atom stereocenters. The van der Waals surface area contributed by atoms with Crippen molar-refractivity contribution in [3.63, 3.8) is 0 Å². The minimum Gasteiger partial charge on any atom is -0.497 e. The molecule has 1 aliphatic heterocycles. The van der Waals surface area contributed by atoms with Crippen molar-refractivity contribution >= 4 is 23.5 Å². The molecule has 1 heterocycles. The molecule has 3 rings (SSSR count). The first-order chi connectivity index (χ1) is 12.9. The van der Waals surface area contributed by atoms with Crippen LogP contribution in [-0.4, -0.2) is 39.7 Å². The van der Waals surface area contributed by atoms with Gasteiger partial charge in [0.25, 0.3) is 5.69 Å². The topological polar surface area (TPSA) is 110 Å². The summed E-state index contributed by atoms with van der Waals surface area (Å²) in [6.45, 7) is -0.275. The van der Waals surface area contributed by atoms with Crippen LogP contribution >= 0.6 is 0 Å². The first-order valence-electron chi connectivity index (χ1n) is 7.94. The smallest absolute Gasteiger partial charge is 0.334 e. The van der Waals surface area contributed by atoms with Gasteiger partial charge in [-0.15, -0.1) is 0 Å². The van der Waals surface area contributed by atoms with Gasteiger partial charge in [0, 0.05) is 12.1 Å². The van der Waals surface area contributed by atoms with E-state index < -0.39 is 22.8 Å². The molecule has 0 N–H and O–H groups in total. The zero-order valence-corrected chi connectivity index (χ0v) is 14.3. The molecular weight excluding hydrogens is 354 g/mol. The molecule has 1 aliphatic rings. The van der Waals surface area contributed by atoms with E-state index >= 15 is 0 Å². The molecule has 0 radical (unpaired) electrons. The van der Waals surface area contributed by atoms with Gasteiger partial charge >= 0.3 is 17.8 Å². The van der Waals surface area contributed by atoms with Crippen LogP contribution in [0.1, 0.15) is 11.1 Å². The molecule has 138 valence electrons. The van der Waals surface area contributed by atoms with E-state index in [2.05, 4.69) is 0 Å². The Morgan fingerprint density at radius 2 is 1.52 bits per heavy atom. The second kappa shape index (κ2) is 7.24. The highest BCUT2D eigenvalue weighted by atomic mass is 16.6. The maximum atomic E-state index is 12.5. The highest BCUT2D eigenvalue weighted by Crippen LogP contribution is 2.21. The number of hydrogen-bond donors (Lipinski definition) is 0. The predicted molar refractivity (Wildman–Crippen MR) is 92.6 cm³/mol. The van der Waals surface area contributed by atoms with Crippen molar-refractivity contribution < 1.29 is 24.0 Å². The molecule has 9 heteroatoms. The number of carbonyl (C=O) groups is 3. The number of urea groups is 1. The monoisotopic (exact) mass is 369 g/mol. The molecule has 0 aromatic heterocycles. The number of amides is 4. The van der Waals surface area contributed by atoms with Gasteiger partial charge in [-0.1, -0.05) is 24.3 Å². The summed E-state index contributed by atoms with van der Waals surface area (Å²) in [6.07, 6.45) is 0. The van der Waals surface area contributed by atoms with Crippen molar-refractivity contribution in [3.05, 3.63) is 69.8 Å². The molecule has 2 aromatic carbocycles. The van der Waals surface area contributed by atoms with Crippen molar-refractivity contribution in [2.24, 2.45) is 0 Å². The molecule has 27 heavy (non-hydrogen) atoms. The van der Waals surface area contributed by atoms with Gasteiger partial charge in [-0.05, 0) is 23.3 Å². The van der Waals surface area contributed by atoms with Crippen LogP contribution in [0.2, 0.25) is 0 Å². The average molecular weight is 369 g/mol. The number of rotatable bonds is 6. The fourth-order valence-corrected chi connectivity index (χ4v) is 2.69. The summed E-state index contributed by atoms with van der Waals surface area (Å²) in [5, 5.41) is 10.9. The van der Waals surface area contributed by atoms with Crippen LogP contribution in [0.25, 0.3) is 0 Å². The van der Waals surface area contributed by atoms with E-state index in [1.807, 2.05) is 0 Å². The van der Waals surface area contributed by atoms with Gasteiger partial charge < -0.3 is 4.74 Å². The third-order valence-electron chi connectivity index (χ3n) is 4.10. The van der Waals surface area contributed by atoms with Crippen LogP contribution in [0.4, 0.5) is 10.5 Å². The third kappa shape index (κ3) is 3.61. The Morgan fingerprint density at radius 1 is 0.926 bits per heavy atom. The van der Waals surface area contributed by atoms with E-state index in [9.17, 15) is 24.5 Å². The van der Waals surface area contributed by atoms with Crippen LogP contribution in [0.5, 0.6) is 5.75 Å². The Bertz CT molecular complexity index is 925. The van der Waals surface area contributed by atoms with Crippen molar-refractivity contribution in [2.45, 2.75) is 13.1 Å². The Kier molecular flexibility index (Phi) is 4.84. The van der Waals surface area contributed by atoms with Crippen LogP contribution in [-0.2, 0) is 22.7 Å². The van der Waals surface area contributed by atoms with Gasteiger partial charge in [0.2, 0.25) is 0 Å². The van der Waals surface area contributed by atoms with Crippen LogP contribution in [0.15, 0.2) is 48.5 Å². The number of benzene rings is 2. The third-order valence-corrected chi connectivity index (χ3v) is 4.10. The van der Waals surface area contributed by atoms with E-state index in [-0.39, 0.29) is 18.8 Å². The van der Waals surface area contributed by atoms with Gasteiger partial charge in [-0.3, -0.25) is 29.5 Å². The van der Waals surface area contributed by atoms with Crippen molar-refractivity contribution in [1.29, 1.82) is 0 Å². The predicted octanol–water partition coefficient (Wildman–Crippen LogP) is 2.09. The highest BCUT2D eigenvalue weighted by molar-refractivity contribution is 6.44. The maximum absolute atomic E-state index is 12.5. The van der Waals surface area contributed by atoms with Gasteiger partial charge in [0.05, 0.1) is 25.1 Å². The second-order valence-corrected chi connectivity index (χ2v) is 5.84. The largest absolute Gasteiger partial charge is 0.497 e. The summed E-state index contributed by atoms with van der Waals surface area (Å²) < 4.78 is 5.05. The average Bonchev–Trinajstić information content (AvgIpc) is 2.87. The van der Waals surface area contributed by atoms with Crippen molar-refractivity contribution in [1.82, 2.24) is 9.80 Å². The molecule has 4 amide bonds. The zero-order valence-electron chi connectivity index (χ0n) is 14.3. The number of non-ortho nitro benzene ring substituents is 1. The van der Waals surface area contributed by atoms with E-state index in [0.717, 1.165) is 9.80 Å². The molecule has 0 unspecified atom stereocenters. The fourth-order valence-electron chi connectivity index (χ4n) is 2.69. The van der Waals surface area contributed by atoms with Crippen LogP contribution in [0, 0.1) is 10.1 Å². The lowest BCUT2D eigenvalue weighted by Gasteiger charge is -2.15. The SMILES string of the molecule is COc1ccc(CN2C(=O)C(=O)N(Cc3cccc([N+](=O)[O-])c3)C2=O)cc1. The lowest BCUT2D eigenvalue weighted by Crippen LogP contribution is -2.32. The van der Waals surface area contributed by atoms with E-state index in [0.29, 0.717) is 16.9 Å². The lowest BCUT2D eigenvalue weighted by atomic mass is 10.2. The lowest BCUT2D eigenvalue weighted by molar-refractivity contribution is -0.384. The number of hydrogen-bond acceptors (Lipinski definition) is 6. The Labute approximate surface area is 153 Å². The maximum Gasteiger partial charge on any atom is 0.334 e. The standard InChI is InChI=1S/C18H15N3O6/c1-27-15-7-5-12(6-8-15)10-19-16(22)17(23)20(18(19)24)11-13-3-2-4-14(9-13)21(25)26/h2-9H,10-11H2,1H3. The molecule has 0 aliphatic carbocycles. The number of ether oxygens (including phenoxy) is 1. The number of nitro groups is 1. The summed E-state index contributed by atoms with van der Waals surface area (Å²) in [7, 11) is 1.52. The Morgan fingerprint density at radius 3 is 2.07 bits per heavy atom. The first-order valence-corrected chi connectivity index (χ1v) is 7.94. The highest BCUT2D eigenvalue weighted by Gasteiger charge is 2.44. The Balaban J connectivity index is 1.77. The first kappa shape index (κ1) is 18.1. The van der Waals surface area contributed by atoms with Gasteiger partial charge in [-0.25, -0.2) is 4.79 Å². The number of imide groups is 2. The number of methoxy groups -OCH3 is 1. The summed E-state index contributed by atoms with van der Waals surface area (Å²) >= 11 is 0. The molecular formula is C18H15N3O6. The summed E-state index contributed by atoms with van der Waals surface area (Å²) in [4.78, 5) is 48.8. The molecule has 0 saturated carbocycles. The van der Waals surface area contributed by atoms with Gasteiger partial charge in [0.1, 0.15) is 5.75 Å². The molecule has 0 bridgehead atoms. The zero-order chi connectivity index (χ0) is 19.6. The molecule has 1 fully saturated rings. The second-order valence-electron chi connectivity index (χ2n) is 5.84. The van der Waals surface area contributed by atoms with E-state index in [1.165, 1.54) is 25.3 Å². The minimum atomic E-state index is -0.958. The minimum absolute atomic E-state index is 0.0567. The number of nitrogens with zero attached hydrogens (tertiary/aromatic N) is 3. The number of nitro benzene ring substituents is 1. The van der Waals surface area contributed by atoms with Gasteiger partial charge in [0.15, 0.2) is 0 Å². The Hall–Kier alpha value is -3.75. The quantitative estimate of drug-likeness (QED) is 0.334. The summed E-state index contributed by atoms with van der Waals surface area (Å²) in [5.74, 6) is -1.26. The van der Waals surface area contributed by atoms with E-state index in [1.54, 1.807) is 30.3 Å². The van der Waals surface area contributed by atoms with Gasteiger partial charge in [-0.2, -0.15) is 0 Å². The molecule has 1 saturated heterocycles. The molecule has 2 aromatic rings.